The molecule has 0 radical (unpaired) electrons. The van der Waals surface area contributed by atoms with Crippen LogP contribution in [0.25, 0.3) is 28.1 Å². The summed E-state index contributed by atoms with van der Waals surface area (Å²) in [5.41, 5.74) is 2.76. The standard InChI is InChI=1S/C16H10ClN3O/c17-11-7-5-10(6-8-11)15-16(21)20-13-4-2-1-3-12(13)18-9-14(20)19-15/h1-9,18H. The second-order valence-electron chi connectivity index (χ2n) is 4.77. The predicted octanol–water partition coefficient (Wildman–Crippen LogP) is 3.47. The Morgan fingerprint density at radius 3 is 2.62 bits per heavy atom. The number of halogens is 1. The van der Waals surface area contributed by atoms with Crippen LogP contribution in [0.4, 0.5) is 0 Å². The van der Waals surface area contributed by atoms with Gasteiger partial charge in [-0.3, -0.25) is 9.36 Å². The zero-order valence-electron chi connectivity index (χ0n) is 10.9. The van der Waals surface area contributed by atoms with E-state index >= 15 is 0 Å². The molecule has 5 heteroatoms. The van der Waals surface area contributed by atoms with Crippen molar-refractivity contribution in [3.63, 3.8) is 0 Å². The van der Waals surface area contributed by atoms with E-state index in [-0.39, 0.29) is 5.56 Å². The van der Waals surface area contributed by atoms with Crippen LogP contribution in [0.1, 0.15) is 0 Å². The molecule has 0 saturated heterocycles. The summed E-state index contributed by atoms with van der Waals surface area (Å²) in [6.07, 6.45) is 1.74. The molecule has 1 N–H and O–H groups in total. The van der Waals surface area contributed by atoms with Crippen molar-refractivity contribution < 1.29 is 0 Å². The Hall–Kier alpha value is -2.59. The lowest BCUT2D eigenvalue weighted by Crippen LogP contribution is -2.14. The summed E-state index contributed by atoms with van der Waals surface area (Å²) in [4.78, 5) is 20.3. The van der Waals surface area contributed by atoms with E-state index in [2.05, 4.69) is 9.97 Å². The molecule has 0 aliphatic carbocycles. The molecule has 0 atom stereocenters. The number of nitrogens with zero attached hydrogens (tertiary/aromatic N) is 2. The van der Waals surface area contributed by atoms with Crippen molar-refractivity contribution in [2.24, 2.45) is 0 Å². The molecule has 21 heavy (non-hydrogen) atoms. The van der Waals surface area contributed by atoms with Crippen LogP contribution in [0.2, 0.25) is 5.02 Å². The highest BCUT2D eigenvalue weighted by atomic mass is 35.5. The normalized spacial score (nSPS) is 11.3. The summed E-state index contributed by atoms with van der Waals surface area (Å²) in [6.45, 7) is 0. The zero-order valence-corrected chi connectivity index (χ0v) is 11.6. The lowest BCUT2D eigenvalue weighted by Gasteiger charge is -2.05. The van der Waals surface area contributed by atoms with Crippen molar-refractivity contribution in [3.8, 4) is 17.1 Å². The number of imidazole rings is 1. The molecule has 0 fully saturated rings. The van der Waals surface area contributed by atoms with Crippen LogP contribution in [0.3, 0.4) is 0 Å². The average Bonchev–Trinajstić information content (AvgIpc) is 2.86. The third kappa shape index (κ3) is 1.84. The summed E-state index contributed by atoms with van der Waals surface area (Å²) in [7, 11) is 0. The lowest BCUT2D eigenvalue weighted by molar-refractivity contribution is 1.03. The molecule has 102 valence electrons. The average molecular weight is 296 g/mol. The molecule has 0 bridgehead atoms. The maximum absolute atomic E-state index is 12.7. The molecule has 0 amide bonds. The van der Waals surface area contributed by atoms with Crippen molar-refractivity contribution in [2.75, 3.05) is 0 Å². The van der Waals surface area contributed by atoms with Gasteiger partial charge in [-0.15, -0.1) is 0 Å². The second-order valence-corrected chi connectivity index (χ2v) is 5.21. The number of aromatic nitrogens is 3. The third-order valence-electron chi connectivity index (χ3n) is 3.48. The molecular weight excluding hydrogens is 286 g/mol. The number of hydrogen-bond acceptors (Lipinski definition) is 2. The van der Waals surface area contributed by atoms with E-state index in [1.807, 2.05) is 24.3 Å². The number of H-pyrrole nitrogens is 1. The first-order valence-corrected chi connectivity index (χ1v) is 6.87. The quantitative estimate of drug-likeness (QED) is 0.584. The van der Waals surface area contributed by atoms with Crippen molar-refractivity contribution in [2.45, 2.75) is 0 Å². The molecule has 0 unspecified atom stereocenters. The Morgan fingerprint density at radius 1 is 1.05 bits per heavy atom. The molecular formula is C16H10ClN3O. The van der Waals surface area contributed by atoms with Gasteiger partial charge in [-0.05, 0) is 24.3 Å². The lowest BCUT2D eigenvalue weighted by atomic mass is 10.2. The van der Waals surface area contributed by atoms with E-state index in [0.29, 0.717) is 16.5 Å². The highest BCUT2D eigenvalue weighted by Crippen LogP contribution is 2.22. The topological polar surface area (TPSA) is 50.7 Å². The van der Waals surface area contributed by atoms with E-state index in [4.69, 9.17) is 11.6 Å². The largest absolute Gasteiger partial charge is 0.357 e. The number of aromatic amines is 1. The number of rotatable bonds is 1. The summed E-state index contributed by atoms with van der Waals surface area (Å²) in [6, 6.07) is 14.8. The maximum Gasteiger partial charge on any atom is 0.283 e. The highest BCUT2D eigenvalue weighted by Gasteiger charge is 2.17. The van der Waals surface area contributed by atoms with E-state index in [1.165, 1.54) is 0 Å². The van der Waals surface area contributed by atoms with Crippen LogP contribution in [-0.4, -0.2) is 14.5 Å². The maximum atomic E-state index is 12.7. The van der Waals surface area contributed by atoms with Gasteiger partial charge in [-0.2, -0.15) is 0 Å². The van der Waals surface area contributed by atoms with Crippen LogP contribution >= 0.6 is 11.6 Å². The van der Waals surface area contributed by atoms with E-state index < -0.39 is 0 Å². The molecule has 2 heterocycles. The van der Waals surface area contributed by atoms with Gasteiger partial charge in [0.1, 0.15) is 5.69 Å². The van der Waals surface area contributed by atoms with E-state index in [9.17, 15) is 4.79 Å². The second kappa shape index (κ2) is 4.46. The van der Waals surface area contributed by atoms with E-state index in [0.717, 1.165) is 16.6 Å². The predicted molar refractivity (Wildman–Crippen MR) is 83.3 cm³/mol. The molecule has 4 rings (SSSR count). The van der Waals surface area contributed by atoms with Crippen molar-refractivity contribution >= 4 is 22.6 Å². The minimum atomic E-state index is -0.127. The van der Waals surface area contributed by atoms with Gasteiger partial charge in [0.2, 0.25) is 0 Å². The number of fused-ring (bicyclic) bond motifs is 3. The number of para-hydroxylation sites is 2. The number of benzene rings is 2. The first-order valence-electron chi connectivity index (χ1n) is 6.49. The van der Waals surface area contributed by atoms with Gasteiger partial charge in [-0.25, -0.2) is 4.98 Å². The van der Waals surface area contributed by atoms with Crippen LogP contribution in [0, 0.1) is 0 Å². The molecule has 0 saturated carbocycles. The fourth-order valence-corrected chi connectivity index (χ4v) is 2.61. The molecule has 2 aliphatic rings. The van der Waals surface area contributed by atoms with Crippen molar-refractivity contribution in [1.29, 1.82) is 0 Å². The number of hydrogen-bond donors (Lipinski definition) is 1. The van der Waals surface area contributed by atoms with Crippen LogP contribution in [0.5, 0.6) is 0 Å². The van der Waals surface area contributed by atoms with E-state index in [1.54, 1.807) is 35.0 Å². The molecule has 0 spiro atoms. The van der Waals surface area contributed by atoms with Crippen molar-refractivity contribution in [3.05, 3.63) is 70.1 Å². The van der Waals surface area contributed by atoms with Gasteiger partial charge in [0.25, 0.3) is 5.56 Å². The van der Waals surface area contributed by atoms with Gasteiger partial charge in [0.05, 0.1) is 11.0 Å². The molecule has 2 aromatic rings. The van der Waals surface area contributed by atoms with Gasteiger partial charge in [0.15, 0.2) is 5.82 Å². The monoisotopic (exact) mass is 295 g/mol. The summed E-state index contributed by atoms with van der Waals surface area (Å²) in [5, 5.41) is 0.633. The van der Waals surface area contributed by atoms with Crippen LogP contribution in [0.15, 0.2) is 59.5 Å². The van der Waals surface area contributed by atoms with Crippen LogP contribution in [-0.2, 0) is 0 Å². The summed E-state index contributed by atoms with van der Waals surface area (Å²) >= 11 is 5.89. The molecule has 2 aromatic carbocycles. The Morgan fingerprint density at radius 2 is 1.81 bits per heavy atom. The highest BCUT2D eigenvalue weighted by molar-refractivity contribution is 6.30. The van der Waals surface area contributed by atoms with Crippen LogP contribution < -0.4 is 5.56 Å². The molecule has 2 aliphatic heterocycles. The Labute approximate surface area is 125 Å². The first kappa shape index (κ1) is 12.2. The van der Waals surface area contributed by atoms with Crippen molar-refractivity contribution in [1.82, 2.24) is 14.5 Å². The minimum Gasteiger partial charge on any atom is -0.357 e. The van der Waals surface area contributed by atoms with Gasteiger partial charge < -0.3 is 4.98 Å². The fraction of sp³-hybridized carbons (Fsp3) is 0. The molecule has 4 nitrogen and oxygen atoms in total. The van der Waals surface area contributed by atoms with Gasteiger partial charge >= 0.3 is 0 Å². The molecule has 0 aromatic heterocycles. The Bertz CT molecular complexity index is 969. The Kier molecular flexibility index (Phi) is 2.59. The van der Waals surface area contributed by atoms with Gasteiger partial charge in [-0.1, -0.05) is 35.9 Å². The zero-order chi connectivity index (χ0) is 14.4. The SMILES string of the molecule is O=c1c(-c2ccc(Cl)cc2)nc2c[nH]c3ccccc3n1-2. The summed E-state index contributed by atoms with van der Waals surface area (Å²) in [5.74, 6) is 0.601. The Balaban J connectivity index is 2.06. The van der Waals surface area contributed by atoms with Gasteiger partial charge in [0, 0.05) is 16.8 Å². The minimum absolute atomic E-state index is 0.127. The first-order chi connectivity index (χ1) is 10.2. The fourth-order valence-electron chi connectivity index (χ4n) is 2.48. The third-order valence-corrected chi connectivity index (χ3v) is 3.73. The summed E-state index contributed by atoms with van der Waals surface area (Å²) < 4.78 is 1.62. The smallest absolute Gasteiger partial charge is 0.283 e. The number of nitrogens with one attached hydrogen (secondary N) is 1.